The predicted octanol–water partition coefficient (Wildman–Crippen LogP) is 8.56. The Bertz CT molecular complexity index is 1160. The van der Waals surface area contributed by atoms with Gasteiger partial charge in [0.25, 0.3) is 0 Å². The molecule has 0 spiro atoms. The Morgan fingerprint density at radius 1 is 0.771 bits per heavy atom. The molecule has 1 fully saturated rings. The highest BCUT2D eigenvalue weighted by atomic mass is 19.2. The molecule has 3 aromatic rings. The maximum absolute atomic E-state index is 14.8. The average Bonchev–Trinajstić information content (AvgIpc) is 2.87. The first-order valence-electron chi connectivity index (χ1n) is 12.3. The summed E-state index contributed by atoms with van der Waals surface area (Å²) in [6.07, 6.45) is 7.09. The first kappa shape index (κ1) is 24.9. The molecule has 0 amide bonds. The van der Waals surface area contributed by atoms with Gasteiger partial charge >= 0.3 is 0 Å². The van der Waals surface area contributed by atoms with Crippen LogP contribution in [0.3, 0.4) is 0 Å². The number of halogens is 3. The minimum atomic E-state index is -0.856. The second kappa shape index (κ2) is 11.5. The van der Waals surface area contributed by atoms with Gasteiger partial charge in [0, 0.05) is 17.2 Å². The SMILES string of the molecule is CCOc1ccc(-c2ccc(/C=C/C3CCC(c4ccc(OCC)cc4F)CC3)c(F)c2F)cc1. The van der Waals surface area contributed by atoms with Gasteiger partial charge in [-0.25, -0.2) is 13.2 Å². The molecule has 0 aromatic heterocycles. The van der Waals surface area contributed by atoms with Gasteiger partial charge in [-0.05, 0) is 80.7 Å². The lowest BCUT2D eigenvalue weighted by Gasteiger charge is -2.27. The van der Waals surface area contributed by atoms with E-state index >= 15 is 0 Å². The van der Waals surface area contributed by atoms with Crippen molar-refractivity contribution in [3.05, 3.63) is 89.3 Å². The summed E-state index contributed by atoms with van der Waals surface area (Å²) < 4.78 is 55.0. The summed E-state index contributed by atoms with van der Waals surface area (Å²) >= 11 is 0. The highest BCUT2D eigenvalue weighted by Gasteiger charge is 2.23. The summed E-state index contributed by atoms with van der Waals surface area (Å²) in [5, 5.41) is 0. The lowest BCUT2D eigenvalue weighted by molar-refractivity contribution is 0.336. The molecule has 1 aliphatic carbocycles. The van der Waals surface area contributed by atoms with E-state index in [1.807, 2.05) is 32.1 Å². The molecular weight excluding hydrogens is 449 g/mol. The first-order valence-corrected chi connectivity index (χ1v) is 12.3. The van der Waals surface area contributed by atoms with E-state index in [4.69, 9.17) is 9.47 Å². The number of ether oxygens (including phenoxy) is 2. The zero-order chi connectivity index (χ0) is 24.8. The summed E-state index contributed by atoms with van der Waals surface area (Å²) in [5.41, 5.74) is 1.78. The van der Waals surface area contributed by atoms with Crippen molar-refractivity contribution >= 4 is 6.08 Å². The smallest absolute Gasteiger partial charge is 0.167 e. The van der Waals surface area contributed by atoms with Crippen molar-refractivity contribution in [1.82, 2.24) is 0 Å². The van der Waals surface area contributed by atoms with Crippen molar-refractivity contribution in [1.29, 1.82) is 0 Å². The minimum Gasteiger partial charge on any atom is -0.494 e. The van der Waals surface area contributed by atoms with Crippen LogP contribution in [0, 0.1) is 23.4 Å². The fourth-order valence-corrected chi connectivity index (χ4v) is 4.77. The van der Waals surface area contributed by atoms with Crippen molar-refractivity contribution in [2.24, 2.45) is 5.92 Å². The zero-order valence-corrected chi connectivity index (χ0v) is 20.2. The maximum Gasteiger partial charge on any atom is 0.167 e. The summed E-state index contributed by atoms with van der Waals surface area (Å²) in [7, 11) is 0. The van der Waals surface area contributed by atoms with Crippen LogP contribution in [0.1, 0.15) is 56.6 Å². The topological polar surface area (TPSA) is 18.5 Å². The molecule has 0 atom stereocenters. The highest BCUT2D eigenvalue weighted by Crippen LogP contribution is 2.38. The van der Waals surface area contributed by atoms with Crippen LogP contribution in [0.5, 0.6) is 11.5 Å². The fraction of sp³-hybridized carbons (Fsp3) is 0.333. The van der Waals surface area contributed by atoms with Crippen LogP contribution in [0.15, 0.2) is 60.7 Å². The lowest BCUT2D eigenvalue weighted by Crippen LogP contribution is -2.13. The molecule has 0 saturated heterocycles. The molecule has 2 nitrogen and oxygen atoms in total. The second-order valence-electron chi connectivity index (χ2n) is 8.87. The van der Waals surface area contributed by atoms with Gasteiger partial charge in [0.05, 0.1) is 13.2 Å². The normalized spacial score (nSPS) is 18.1. The van der Waals surface area contributed by atoms with E-state index < -0.39 is 11.6 Å². The lowest BCUT2D eigenvalue weighted by atomic mass is 9.78. The molecule has 0 N–H and O–H groups in total. The zero-order valence-electron chi connectivity index (χ0n) is 20.2. The van der Waals surface area contributed by atoms with Crippen molar-refractivity contribution in [3.8, 4) is 22.6 Å². The highest BCUT2D eigenvalue weighted by molar-refractivity contribution is 5.67. The van der Waals surface area contributed by atoms with Crippen LogP contribution in [0.2, 0.25) is 0 Å². The Morgan fingerprint density at radius 3 is 2.09 bits per heavy atom. The van der Waals surface area contributed by atoms with E-state index in [2.05, 4.69) is 0 Å². The average molecular weight is 481 g/mol. The molecule has 0 radical (unpaired) electrons. The van der Waals surface area contributed by atoms with Crippen LogP contribution in [-0.4, -0.2) is 13.2 Å². The molecule has 5 heteroatoms. The number of allylic oxidation sites excluding steroid dienone is 1. The largest absolute Gasteiger partial charge is 0.494 e. The Morgan fingerprint density at radius 2 is 1.43 bits per heavy atom. The van der Waals surface area contributed by atoms with Crippen molar-refractivity contribution in [2.75, 3.05) is 13.2 Å². The third-order valence-electron chi connectivity index (χ3n) is 6.63. The molecule has 0 heterocycles. The van der Waals surface area contributed by atoms with Crippen LogP contribution in [0.25, 0.3) is 17.2 Å². The molecular formula is C30H31F3O2. The second-order valence-corrected chi connectivity index (χ2v) is 8.87. The summed E-state index contributed by atoms with van der Waals surface area (Å²) in [6.45, 7) is 4.81. The van der Waals surface area contributed by atoms with Crippen LogP contribution >= 0.6 is 0 Å². The van der Waals surface area contributed by atoms with Gasteiger partial charge in [-0.15, -0.1) is 0 Å². The Kier molecular flexibility index (Phi) is 8.17. The molecule has 3 aromatic carbocycles. The third kappa shape index (κ3) is 5.90. The molecule has 0 aliphatic heterocycles. The van der Waals surface area contributed by atoms with Gasteiger partial charge in [-0.2, -0.15) is 0 Å². The van der Waals surface area contributed by atoms with Gasteiger partial charge in [-0.1, -0.05) is 42.5 Å². The van der Waals surface area contributed by atoms with E-state index in [0.717, 1.165) is 31.2 Å². The molecule has 35 heavy (non-hydrogen) atoms. The van der Waals surface area contributed by atoms with Crippen molar-refractivity contribution in [2.45, 2.75) is 45.4 Å². The third-order valence-corrected chi connectivity index (χ3v) is 6.63. The van der Waals surface area contributed by atoms with E-state index in [9.17, 15) is 13.2 Å². The molecule has 1 saturated carbocycles. The van der Waals surface area contributed by atoms with Gasteiger partial charge < -0.3 is 9.47 Å². The monoisotopic (exact) mass is 480 g/mol. The van der Waals surface area contributed by atoms with Crippen molar-refractivity contribution < 1.29 is 22.6 Å². The van der Waals surface area contributed by atoms with Gasteiger partial charge in [0.15, 0.2) is 11.6 Å². The van der Waals surface area contributed by atoms with E-state index in [1.165, 1.54) is 6.07 Å². The summed E-state index contributed by atoms with van der Waals surface area (Å²) in [6, 6.07) is 15.3. The standard InChI is InChI=1S/C30H31F3O2/c1-3-34-24-14-11-22(12-15-24)27-17-13-23(29(32)30(27)33)10-7-20-5-8-21(9-6-20)26-18-16-25(35-4-2)19-28(26)31/h7,10-21H,3-6,8-9H2,1-2H3/b10-7+. The Hall–Kier alpha value is -3.21. The van der Waals surface area contributed by atoms with Crippen LogP contribution in [0.4, 0.5) is 13.2 Å². The Balaban J connectivity index is 1.39. The molecule has 4 rings (SSSR count). The van der Waals surface area contributed by atoms with E-state index in [-0.39, 0.29) is 28.8 Å². The minimum absolute atomic E-state index is 0.165. The number of benzene rings is 3. The molecule has 0 bridgehead atoms. The first-order chi connectivity index (χ1) is 17.0. The molecule has 0 unspecified atom stereocenters. The number of hydrogen-bond acceptors (Lipinski definition) is 2. The summed E-state index contributed by atoms with van der Waals surface area (Å²) in [4.78, 5) is 0. The summed E-state index contributed by atoms with van der Waals surface area (Å²) in [5.74, 6) is -0.267. The number of rotatable bonds is 8. The molecule has 184 valence electrons. The van der Waals surface area contributed by atoms with Crippen LogP contribution < -0.4 is 9.47 Å². The van der Waals surface area contributed by atoms with E-state index in [0.29, 0.717) is 30.3 Å². The van der Waals surface area contributed by atoms with Crippen molar-refractivity contribution in [3.63, 3.8) is 0 Å². The van der Waals surface area contributed by atoms with Gasteiger partial charge in [0.1, 0.15) is 17.3 Å². The maximum atomic E-state index is 14.8. The predicted molar refractivity (Wildman–Crippen MR) is 134 cm³/mol. The van der Waals surface area contributed by atoms with Gasteiger partial charge in [0.2, 0.25) is 0 Å². The Labute approximate surface area is 205 Å². The van der Waals surface area contributed by atoms with E-state index in [1.54, 1.807) is 42.5 Å². The molecule has 1 aliphatic rings. The number of hydrogen-bond donors (Lipinski definition) is 0. The van der Waals surface area contributed by atoms with Crippen LogP contribution in [-0.2, 0) is 0 Å². The van der Waals surface area contributed by atoms with Gasteiger partial charge in [-0.3, -0.25) is 0 Å². The quantitative estimate of drug-likeness (QED) is 0.322. The fourth-order valence-electron chi connectivity index (χ4n) is 4.77.